The Labute approximate surface area is 299 Å². The van der Waals surface area contributed by atoms with E-state index in [4.69, 9.17) is 50.4 Å². The molecule has 0 bridgehead atoms. The number of benzene rings is 3. The average Bonchev–Trinajstić information content (AvgIpc) is 3.43. The molecule has 4 nitrogen and oxygen atoms in total. The van der Waals surface area contributed by atoms with E-state index in [9.17, 15) is 0 Å². The van der Waals surface area contributed by atoms with Crippen LogP contribution in [0.15, 0.2) is 94.4 Å². The molecule has 45 heavy (non-hydrogen) atoms. The second-order valence-corrected chi connectivity index (χ2v) is 16.7. The number of aryl methyl sites for hydroxylation is 3. The van der Waals surface area contributed by atoms with Crippen molar-refractivity contribution in [2.24, 2.45) is 9.98 Å². The third-order valence-electron chi connectivity index (χ3n) is 8.54. The summed E-state index contributed by atoms with van der Waals surface area (Å²) in [5.41, 5.74) is 8.56. The number of alkyl halides is 2. The summed E-state index contributed by atoms with van der Waals surface area (Å²) in [7, 11) is 0. The maximum atomic E-state index is 6.40. The molecule has 2 heterocycles. The first-order chi connectivity index (χ1) is 21.2. The Hall–Kier alpha value is -1.97. The second kappa shape index (κ2) is 12.2. The van der Waals surface area contributed by atoms with Gasteiger partial charge in [-0.1, -0.05) is 0 Å². The number of ether oxygens (including phenoxy) is 2. The molecule has 3 aromatic carbocycles. The van der Waals surface area contributed by atoms with Crippen molar-refractivity contribution in [1.29, 1.82) is 0 Å². The number of nitrogens with zero attached hydrogens (tertiary/aromatic N) is 2. The summed E-state index contributed by atoms with van der Waals surface area (Å²) < 4.78 is 12.4. The molecule has 8 heteroatoms. The van der Waals surface area contributed by atoms with E-state index >= 15 is 0 Å². The van der Waals surface area contributed by atoms with Gasteiger partial charge in [0.15, 0.2) is 0 Å². The summed E-state index contributed by atoms with van der Waals surface area (Å²) >= 11 is 18.9. The van der Waals surface area contributed by atoms with Crippen molar-refractivity contribution >= 4 is 49.2 Å². The molecule has 2 aliphatic heterocycles. The van der Waals surface area contributed by atoms with E-state index in [1.54, 1.807) is 0 Å². The Kier molecular flexibility index (Phi) is 8.96. The summed E-state index contributed by atoms with van der Waals surface area (Å²) in [4.78, 5) is 10.3. The number of allylic oxidation sites excluding steroid dienone is 3. The molecule has 0 saturated heterocycles. The first-order valence-corrected chi connectivity index (χ1v) is 17.8. The number of hydrogen-bond acceptors (Lipinski definition) is 4. The summed E-state index contributed by atoms with van der Waals surface area (Å²) in [6, 6.07) is 23.4. The number of rotatable bonds is 6. The van der Waals surface area contributed by atoms with Gasteiger partial charge in [0.25, 0.3) is 0 Å². The fourth-order valence-electron chi connectivity index (χ4n) is 6.29. The number of hydrogen-bond donors (Lipinski definition) is 0. The summed E-state index contributed by atoms with van der Waals surface area (Å²) in [6.07, 6.45) is 4.90. The first kappa shape index (κ1) is 32.9. The third kappa shape index (κ3) is 6.60. The summed E-state index contributed by atoms with van der Waals surface area (Å²) in [5, 5.41) is -1.07. The predicted octanol–water partition coefficient (Wildman–Crippen LogP) is 9.08. The molecule has 6 atom stereocenters. The van der Waals surface area contributed by atoms with E-state index in [1.165, 1.54) is 11.1 Å². The standard InChI is InChI=1S/C37H36Br2N2O2.2Ni/c1-23-9-7-11-26(13-23)28-15-25(3)16-29(17-28)33-40-35(4,21-42-33)20-36(5)22-43-34(41-36)31-18-30(19-37(6,39)32(31)38)27-12-8-10-24(2)14-27;;/h7-19,21-22,32H,20H2,1-6H3;;/t32?,35-,36-,37?;;/m1../s1. The van der Waals surface area contributed by atoms with Gasteiger partial charge in [0.2, 0.25) is 0 Å². The second-order valence-electron chi connectivity index (χ2n) is 13.1. The molecule has 6 rings (SSSR count). The van der Waals surface area contributed by atoms with Crippen LogP contribution in [0.4, 0.5) is 0 Å². The first-order valence-electron chi connectivity index (χ1n) is 14.9. The molecule has 240 valence electrons. The van der Waals surface area contributed by atoms with Crippen LogP contribution in [-0.2, 0) is 40.4 Å². The van der Waals surface area contributed by atoms with Crippen LogP contribution in [0.3, 0.4) is 0 Å². The van der Waals surface area contributed by atoms with Gasteiger partial charge in [-0.05, 0) is 0 Å². The quantitative estimate of drug-likeness (QED) is 0.184. The van der Waals surface area contributed by atoms with Gasteiger partial charge in [-0.15, -0.1) is 0 Å². The average molecular weight is 818 g/mol. The predicted molar refractivity (Wildman–Crippen MR) is 184 cm³/mol. The van der Waals surface area contributed by atoms with Crippen LogP contribution in [-0.4, -0.2) is 42.2 Å². The fourth-order valence-corrected chi connectivity index (χ4v) is 7.79. The van der Waals surface area contributed by atoms with Crippen LogP contribution in [0, 0.1) is 20.8 Å². The van der Waals surface area contributed by atoms with Crippen molar-refractivity contribution in [3.05, 3.63) is 112 Å². The van der Waals surface area contributed by atoms with Crippen LogP contribution in [0.1, 0.15) is 55.0 Å². The monoisotopic (exact) mass is 814 g/mol. The van der Waals surface area contributed by atoms with Crippen LogP contribution in [0.25, 0.3) is 16.7 Å². The van der Waals surface area contributed by atoms with Gasteiger partial charge in [0.05, 0.1) is 0 Å². The molecule has 0 fully saturated rings. The zero-order valence-electron chi connectivity index (χ0n) is 26.0. The minimum absolute atomic E-state index is 0.0697. The van der Waals surface area contributed by atoms with E-state index in [-0.39, 0.29) is 9.15 Å². The number of aliphatic imine (C=N–C) groups is 2. The van der Waals surface area contributed by atoms with Crippen LogP contribution < -0.4 is 0 Å². The van der Waals surface area contributed by atoms with Gasteiger partial charge in [-0.2, -0.15) is 0 Å². The Morgan fingerprint density at radius 3 is 1.89 bits per heavy atom. The molecule has 3 aromatic rings. The maximum absolute atomic E-state index is 6.40. The van der Waals surface area contributed by atoms with Gasteiger partial charge in [-0.3, -0.25) is 0 Å². The van der Waals surface area contributed by atoms with Gasteiger partial charge in [0.1, 0.15) is 0 Å². The Balaban J connectivity index is 1.31. The van der Waals surface area contributed by atoms with Crippen molar-refractivity contribution in [2.75, 3.05) is 0 Å². The van der Waals surface area contributed by atoms with E-state index in [0.29, 0.717) is 18.2 Å². The molecule has 0 radical (unpaired) electrons. The molecule has 4 unspecified atom stereocenters. The Morgan fingerprint density at radius 2 is 1.24 bits per heavy atom. The zero-order chi connectivity index (χ0) is 32.3. The molecule has 0 saturated carbocycles. The van der Waals surface area contributed by atoms with E-state index in [0.717, 1.165) is 39.0 Å². The molecular formula is C37H36Br2N2Ni2O2. The number of halogens is 2. The van der Waals surface area contributed by atoms with Crippen molar-refractivity contribution < 1.29 is 40.4 Å². The molecule has 0 spiro atoms. The van der Waals surface area contributed by atoms with Crippen LogP contribution in [0.5, 0.6) is 0 Å². The van der Waals surface area contributed by atoms with Gasteiger partial charge in [0, 0.05) is 0 Å². The molecule has 3 aliphatic rings. The van der Waals surface area contributed by atoms with Crippen molar-refractivity contribution in [3.8, 4) is 11.1 Å². The van der Waals surface area contributed by atoms with Crippen molar-refractivity contribution in [3.63, 3.8) is 0 Å². The Bertz CT molecular complexity index is 1800. The molecule has 0 amide bonds. The van der Waals surface area contributed by atoms with Gasteiger partial charge < -0.3 is 0 Å². The van der Waals surface area contributed by atoms with E-state index in [1.807, 2.05) is 0 Å². The van der Waals surface area contributed by atoms with Crippen molar-refractivity contribution in [2.45, 2.75) is 78.3 Å². The fraction of sp³-hybridized carbons (Fsp3) is 0.351. The van der Waals surface area contributed by atoms with Crippen LogP contribution >= 0.6 is 31.9 Å². The van der Waals surface area contributed by atoms with E-state index < -0.39 is 21.2 Å². The summed E-state index contributed by atoms with van der Waals surface area (Å²) in [6.45, 7) is 12.6. The normalized spacial score (nSPS) is 31.1. The molecule has 0 aromatic heterocycles. The zero-order valence-corrected chi connectivity index (χ0v) is 31.2. The van der Waals surface area contributed by atoms with E-state index in [2.05, 4.69) is 152 Å². The topological polar surface area (TPSA) is 43.2 Å². The molecular weight excluding hydrogens is 782 g/mol. The SMILES string of the molecule is Cc1cccc(C2=CC(C)(Br)C(Br)C(C3=N[C@](C)(C[C@@]4(C)N=C(c5cc(C)cc(-c6cccc(C)c6)c5)O[CH]4[Ni])[CH]([Ni])O3)=C2)c1. The van der Waals surface area contributed by atoms with Gasteiger partial charge >= 0.3 is 301 Å². The summed E-state index contributed by atoms with van der Waals surface area (Å²) in [5.74, 6) is 1.14. The van der Waals surface area contributed by atoms with Crippen LogP contribution in [0.2, 0.25) is 0 Å². The Morgan fingerprint density at radius 1 is 0.711 bits per heavy atom. The van der Waals surface area contributed by atoms with Gasteiger partial charge in [-0.25, -0.2) is 0 Å². The van der Waals surface area contributed by atoms with Crippen molar-refractivity contribution in [1.82, 2.24) is 0 Å². The minimum atomic E-state index is -0.712. The molecule has 0 N–H and O–H groups in total. The third-order valence-corrected chi connectivity index (χ3v) is 12.7. The molecule has 1 aliphatic carbocycles.